The fourth-order valence-electron chi connectivity index (χ4n) is 4.87. The van der Waals surface area contributed by atoms with Crippen LogP contribution in [0.5, 0.6) is 11.5 Å². The van der Waals surface area contributed by atoms with E-state index in [1.165, 1.54) is 10.7 Å². The van der Waals surface area contributed by atoms with Gasteiger partial charge in [0, 0.05) is 25.6 Å². The quantitative estimate of drug-likeness (QED) is 0.396. The Morgan fingerprint density at radius 2 is 1.67 bits per heavy atom. The Balaban J connectivity index is 1.72. The minimum atomic E-state index is -3.57. The Kier molecular flexibility index (Phi) is 11.0. The molecule has 0 bridgehead atoms. The van der Waals surface area contributed by atoms with Crippen LogP contribution in [-0.2, 0) is 26.2 Å². The van der Waals surface area contributed by atoms with Gasteiger partial charge in [-0.05, 0) is 68.1 Å². The lowest BCUT2D eigenvalue weighted by molar-refractivity contribution is -0.141. The lowest BCUT2D eigenvalue weighted by atomic mass is 9.95. The normalized spacial score (nSPS) is 14.8. The molecular weight excluding hydrogens is 518 g/mol. The van der Waals surface area contributed by atoms with Crippen LogP contribution < -0.4 is 19.1 Å². The highest BCUT2D eigenvalue weighted by Gasteiger charge is 2.28. The summed E-state index contributed by atoms with van der Waals surface area (Å²) in [6.45, 7) is 2.12. The van der Waals surface area contributed by atoms with Gasteiger partial charge in [-0.15, -0.1) is 0 Å². The van der Waals surface area contributed by atoms with Crippen molar-refractivity contribution in [2.24, 2.45) is 0 Å². The first-order chi connectivity index (χ1) is 18.6. The van der Waals surface area contributed by atoms with Crippen LogP contribution in [0, 0.1) is 0 Å². The zero-order valence-corrected chi connectivity index (χ0v) is 24.2. The Hall–Kier alpha value is -3.27. The number of hydrogen-bond donors (Lipinski definition) is 1. The molecule has 39 heavy (non-hydrogen) atoms. The summed E-state index contributed by atoms with van der Waals surface area (Å²) >= 11 is 0. The number of amides is 2. The van der Waals surface area contributed by atoms with E-state index in [1.54, 1.807) is 50.3 Å². The van der Waals surface area contributed by atoms with Crippen molar-refractivity contribution in [3.05, 3.63) is 54.1 Å². The predicted octanol–water partition coefficient (Wildman–Crippen LogP) is 4.12. The van der Waals surface area contributed by atoms with E-state index in [0.29, 0.717) is 23.6 Å². The maximum Gasteiger partial charge on any atom is 0.242 e. The minimum Gasteiger partial charge on any atom is -0.497 e. The second kappa shape index (κ2) is 14.2. The number of carbonyl (C=O) groups excluding carboxylic acids is 2. The predicted molar refractivity (Wildman–Crippen MR) is 152 cm³/mol. The third-order valence-corrected chi connectivity index (χ3v) is 8.31. The van der Waals surface area contributed by atoms with Crippen molar-refractivity contribution in [2.45, 2.75) is 70.5 Å². The van der Waals surface area contributed by atoms with Crippen molar-refractivity contribution in [2.75, 3.05) is 31.3 Å². The van der Waals surface area contributed by atoms with E-state index in [2.05, 4.69) is 5.32 Å². The fourth-order valence-corrected chi connectivity index (χ4v) is 5.84. The summed E-state index contributed by atoms with van der Waals surface area (Å²) in [6, 6.07) is 13.6. The second-order valence-electron chi connectivity index (χ2n) is 10.0. The van der Waals surface area contributed by atoms with Gasteiger partial charge >= 0.3 is 0 Å². The second-order valence-corrected chi connectivity index (χ2v) is 11.9. The third-order valence-electron chi connectivity index (χ3n) is 7.12. The number of methoxy groups -OCH3 is 2. The molecule has 9 nitrogen and oxygen atoms in total. The van der Waals surface area contributed by atoms with Crippen molar-refractivity contribution in [1.82, 2.24) is 10.2 Å². The van der Waals surface area contributed by atoms with Gasteiger partial charge in [0.15, 0.2) is 0 Å². The van der Waals surface area contributed by atoms with E-state index in [4.69, 9.17) is 9.47 Å². The summed E-state index contributed by atoms with van der Waals surface area (Å²) in [5, 5.41) is 3.13. The van der Waals surface area contributed by atoms with Crippen molar-refractivity contribution < 1.29 is 27.5 Å². The third kappa shape index (κ3) is 8.88. The molecule has 0 aromatic heterocycles. The van der Waals surface area contributed by atoms with Crippen LogP contribution in [0.1, 0.15) is 57.4 Å². The highest BCUT2D eigenvalue weighted by Crippen LogP contribution is 2.23. The number of ether oxygens (including phenoxy) is 2. The molecule has 1 aliphatic rings. The van der Waals surface area contributed by atoms with Gasteiger partial charge < -0.3 is 19.7 Å². The van der Waals surface area contributed by atoms with Crippen LogP contribution in [0.25, 0.3) is 0 Å². The molecule has 1 unspecified atom stereocenters. The molecule has 2 amide bonds. The standard InChI is InChI=1S/C29H41N3O6S/c1-22(29(34)30-24-11-6-5-7-12-24)31(21-23-10-8-13-27(20-23)38-3)28(33)14-9-19-32(39(4,35)36)25-15-17-26(37-2)18-16-25/h8,10,13,15-18,20,22,24H,5-7,9,11-12,14,19,21H2,1-4H3,(H,30,34). The molecule has 2 aromatic carbocycles. The molecular formula is C29H41N3O6S. The van der Waals surface area contributed by atoms with E-state index in [1.807, 2.05) is 24.3 Å². The zero-order chi connectivity index (χ0) is 28.4. The molecule has 0 heterocycles. The van der Waals surface area contributed by atoms with Crippen molar-refractivity contribution >= 4 is 27.5 Å². The molecule has 0 saturated heterocycles. The number of anilines is 1. The SMILES string of the molecule is COc1ccc(N(CCCC(=O)N(Cc2cccc(OC)c2)C(C)C(=O)NC2CCCCC2)S(C)(=O)=O)cc1. The summed E-state index contributed by atoms with van der Waals surface area (Å²) in [5.41, 5.74) is 1.34. The van der Waals surface area contributed by atoms with Gasteiger partial charge in [-0.1, -0.05) is 31.4 Å². The van der Waals surface area contributed by atoms with Crippen LogP contribution in [-0.4, -0.2) is 64.2 Å². The van der Waals surface area contributed by atoms with Gasteiger partial charge in [-0.3, -0.25) is 13.9 Å². The van der Waals surface area contributed by atoms with Crippen molar-refractivity contribution in [3.63, 3.8) is 0 Å². The summed E-state index contributed by atoms with van der Waals surface area (Å²) in [7, 11) is -0.442. The van der Waals surface area contributed by atoms with Crippen LogP contribution in [0.4, 0.5) is 5.69 Å². The number of sulfonamides is 1. The van der Waals surface area contributed by atoms with Crippen LogP contribution in [0.2, 0.25) is 0 Å². The molecule has 0 radical (unpaired) electrons. The summed E-state index contributed by atoms with van der Waals surface area (Å²) in [6.07, 6.45) is 6.81. The van der Waals surface area contributed by atoms with Gasteiger partial charge in [0.05, 0.1) is 26.2 Å². The first kappa shape index (κ1) is 30.3. The average molecular weight is 560 g/mol. The summed E-state index contributed by atoms with van der Waals surface area (Å²) in [5.74, 6) is 0.903. The average Bonchev–Trinajstić information content (AvgIpc) is 2.93. The largest absolute Gasteiger partial charge is 0.497 e. The lowest BCUT2D eigenvalue weighted by Crippen LogP contribution is -2.50. The highest BCUT2D eigenvalue weighted by atomic mass is 32.2. The number of hydrogen-bond acceptors (Lipinski definition) is 6. The number of carbonyl (C=O) groups is 2. The lowest BCUT2D eigenvalue weighted by Gasteiger charge is -2.31. The first-order valence-corrected chi connectivity index (χ1v) is 15.3. The topological polar surface area (TPSA) is 105 Å². The van der Waals surface area contributed by atoms with Crippen LogP contribution >= 0.6 is 0 Å². The smallest absolute Gasteiger partial charge is 0.242 e. The monoisotopic (exact) mass is 559 g/mol. The molecule has 214 valence electrons. The van der Waals surface area contributed by atoms with E-state index in [-0.39, 0.29) is 37.4 Å². The Bertz CT molecular complexity index is 1200. The maximum atomic E-state index is 13.5. The Labute approximate surface area is 232 Å². The molecule has 10 heteroatoms. The van der Waals surface area contributed by atoms with Crippen LogP contribution in [0.3, 0.4) is 0 Å². The molecule has 1 atom stereocenters. The molecule has 3 rings (SSSR count). The fraction of sp³-hybridized carbons (Fsp3) is 0.517. The van der Waals surface area contributed by atoms with Crippen molar-refractivity contribution in [3.8, 4) is 11.5 Å². The van der Waals surface area contributed by atoms with Gasteiger partial charge in [0.2, 0.25) is 21.8 Å². The first-order valence-electron chi connectivity index (χ1n) is 13.5. The minimum absolute atomic E-state index is 0.0905. The van der Waals surface area contributed by atoms with Gasteiger partial charge in [0.25, 0.3) is 0 Å². The number of nitrogens with zero attached hydrogens (tertiary/aromatic N) is 2. The van der Waals surface area contributed by atoms with Crippen molar-refractivity contribution in [1.29, 1.82) is 0 Å². The molecule has 0 spiro atoms. The molecule has 1 fully saturated rings. The van der Waals surface area contributed by atoms with Crippen LogP contribution in [0.15, 0.2) is 48.5 Å². The van der Waals surface area contributed by atoms with Gasteiger partial charge in [-0.2, -0.15) is 0 Å². The van der Waals surface area contributed by atoms with E-state index < -0.39 is 16.1 Å². The van der Waals surface area contributed by atoms with E-state index in [0.717, 1.165) is 37.5 Å². The molecule has 2 aromatic rings. The number of benzene rings is 2. The molecule has 0 aliphatic heterocycles. The van der Waals surface area contributed by atoms with E-state index in [9.17, 15) is 18.0 Å². The summed E-state index contributed by atoms with van der Waals surface area (Å²) in [4.78, 5) is 28.3. The highest BCUT2D eigenvalue weighted by molar-refractivity contribution is 7.92. The molecule has 1 saturated carbocycles. The molecule has 1 aliphatic carbocycles. The Morgan fingerprint density at radius 3 is 2.28 bits per heavy atom. The van der Waals surface area contributed by atoms with E-state index >= 15 is 0 Å². The summed E-state index contributed by atoms with van der Waals surface area (Å²) < 4.78 is 36.8. The molecule has 1 N–H and O–H groups in total. The zero-order valence-electron chi connectivity index (χ0n) is 23.4. The number of nitrogens with one attached hydrogen (secondary N) is 1. The van der Waals surface area contributed by atoms with Gasteiger partial charge in [0.1, 0.15) is 17.5 Å². The van der Waals surface area contributed by atoms with Gasteiger partial charge in [-0.25, -0.2) is 8.42 Å². The number of rotatable bonds is 13. The maximum absolute atomic E-state index is 13.5. The Morgan fingerprint density at radius 1 is 1.00 bits per heavy atom.